The molecule has 1 saturated carbocycles. The Morgan fingerprint density at radius 3 is 2.50 bits per heavy atom. The SMILES string of the molecule is O=C(C1CCCC1)N(Cc1cccc(C(F)(F)F)c1)CC1CC(c2ccc(F)cc2)=NO1. The minimum atomic E-state index is -4.44. The van der Waals surface area contributed by atoms with Crippen molar-refractivity contribution >= 4 is 11.6 Å². The van der Waals surface area contributed by atoms with Crippen LogP contribution in [-0.2, 0) is 22.4 Å². The van der Waals surface area contributed by atoms with Gasteiger partial charge in [-0.25, -0.2) is 4.39 Å². The minimum Gasteiger partial charge on any atom is -0.390 e. The van der Waals surface area contributed by atoms with E-state index in [1.54, 1.807) is 23.1 Å². The summed E-state index contributed by atoms with van der Waals surface area (Å²) in [4.78, 5) is 20.3. The topological polar surface area (TPSA) is 41.9 Å². The minimum absolute atomic E-state index is 0.0567. The number of carbonyl (C=O) groups excluding carboxylic acids is 1. The van der Waals surface area contributed by atoms with Crippen molar-refractivity contribution < 1.29 is 27.2 Å². The summed E-state index contributed by atoms with van der Waals surface area (Å²) in [7, 11) is 0. The molecule has 0 radical (unpaired) electrons. The summed E-state index contributed by atoms with van der Waals surface area (Å²) in [5.74, 6) is -0.516. The number of alkyl halides is 3. The Morgan fingerprint density at radius 1 is 1.09 bits per heavy atom. The number of halogens is 4. The summed E-state index contributed by atoms with van der Waals surface area (Å²) in [6.07, 6.45) is -0.879. The molecule has 2 aromatic carbocycles. The van der Waals surface area contributed by atoms with Gasteiger partial charge in [0.05, 0.1) is 17.8 Å². The highest BCUT2D eigenvalue weighted by Gasteiger charge is 2.33. The van der Waals surface area contributed by atoms with Crippen LogP contribution >= 0.6 is 0 Å². The largest absolute Gasteiger partial charge is 0.416 e. The Balaban J connectivity index is 1.48. The van der Waals surface area contributed by atoms with Gasteiger partial charge in [0.1, 0.15) is 5.82 Å². The van der Waals surface area contributed by atoms with Gasteiger partial charge in [0.2, 0.25) is 5.91 Å². The Morgan fingerprint density at radius 2 is 1.81 bits per heavy atom. The van der Waals surface area contributed by atoms with Crippen molar-refractivity contribution in [1.29, 1.82) is 0 Å². The van der Waals surface area contributed by atoms with Crippen molar-refractivity contribution in [2.24, 2.45) is 11.1 Å². The number of amides is 1. The van der Waals surface area contributed by atoms with Crippen LogP contribution in [-0.4, -0.2) is 29.2 Å². The van der Waals surface area contributed by atoms with Crippen LogP contribution < -0.4 is 0 Å². The molecule has 32 heavy (non-hydrogen) atoms. The van der Waals surface area contributed by atoms with Gasteiger partial charge in [-0.1, -0.05) is 42.3 Å². The van der Waals surface area contributed by atoms with E-state index in [1.165, 1.54) is 18.2 Å². The van der Waals surface area contributed by atoms with E-state index in [0.29, 0.717) is 17.7 Å². The molecule has 1 aliphatic heterocycles. The van der Waals surface area contributed by atoms with Gasteiger partial charge in [-0.05, 0) is 48.2 Å². The maximum Gasteiger partial charge on any atom is 0.416 e. The quantitative estimate of drug-likeness (QED) is 0.544. The standard InChI is InChI=1S/C24H24F4N2O2/c25-20-10-8-17(9-11-20)22-13-21(32-29-22)15-30(23(31)18-5-1-2-6-18)14-16-4-3-7-19(12-16)24(26,27)28/h3-4,7-12,18,21H,1-2,5-6,13-15H2. The van der Waals surface area contributed by atoms with E-state index in [9.17, 15) is 22.4 Å². The van der Waals surface area contributed by atoms with Crippen molar-refractivity contribution in [1.82, 2.24) is 4.90 Å². The molecule has 0 spiro atoms. The third kappa shape index (κ3) is 5.29. The Kier molecular flexibility index (Phi) is 6.48. The summed E-state index contributed by atoms with van der Waals surface area (Å²) in [5, 5.41) is 4.09. The maximum absolute atomic E-state index is 13.2. The highest BCUT2D eigenvalue weighted by atomic mass is 19.4. The molecule has 4 nitrogen and oxygen atoms in total. The predicted molar refractivity (Wildman–Crippen MR) is 111 cm³/mol. The summed E-state index contributed by atoms with van der Waals surface area (Å²) in [6, 6.07) is 11.0. The molecule has 1 atom stereocenters. The number of benzene rings is 2. The molecule has 1 heterocycles. The lowest BCUT2D eigenvalue weighted by molar-refractivity contribution is -0.137. The van der Waals surface area contributed by atoms with Crippen LogP contribution in [0.25, 0.3) is 0 Å². The van der Waals surface area contributed by atoms with Crippen LogP contribution in [0.4, 0.5) is 17.6 Å². The van der Waals surface area contributed by atoms with Gasteiger partial charge in [0.25, 0.3) is 0 Å². The molecule has 0 aromatic heterocycles. The van der Waals surface area contributed by atoms with E-state index >= 15 is 0 Å². The zero-order valence-corrected chi connectivity index (χ0v) is 17.4. The third-order valence-electron chi connectivity index (χ3n) is 5.98. The number of oxime groups is 1. The fourth-order valence-corrected chi connectivity index (χ4v) is 4.31. The predicted octanol–water partition coefficient (Wildman–Crippen LogP) is 5.56. The van der Waals surface area contributed by atoms with Crippen molar-refractivity contribution in [2.45, 2.75) is 50.9 Å². The first-order valence-corrected chi connectivity index (χ1v) is 10.7. The molecule has 170 valence electrons. The fraction of sp³-hybridized carbons (Fsp3) is 0.417. The molecule has 1 fully saturated rings. The molecule has 1 aliphatic carbocycles. The molecule has 8 heteroatoms. The first-order chi connectivity index (χ1) is 15.3. The van der Waals surface area contributed by atoms with Crippen LogP contribution in [0.3, 0.4) is 0 Å². The van der Waals surface area contributed by atoms with Gasteiger partial charge in [0, 0.05) is 18.9 Å². The summed E-state index contributed by atoms with van der Waals surface area (Å²) >= 11 is 0. The maximum atomic E-state index is 13.2. The zero-order valence-electron chi connectivity index (χ0n) is 17.4. The lowest BCUT2D eigenvalue weighted by atomic mass is 10.0. The lowest BCUT2D eigenvalue weighted by Crippen LogP contribution is -2.40. The van der Waals surface area contributed by atoms with E-state index < -0.39 is 17.8 Å². The summed E-state index contributed by atoms with van der Waals surface area (Å²) in [6.45, 7) is 0.296. The number of rotatable bonds is 6. The number of carbonyl (C=O) groups is 1. The highest BCUT2D eigenvalue weighted by Crippen LogP contribution is 2.31. The molecule has 2 aromatic rings. The zero-order chi connectivity index (χ0) is 22.7. The number of nitrogens with zero attached hydrogens (tertiary/aromatic N) is 2. The smallest absolute Gasteiger partial charge is 0.390 e. The molecule has 1 amide bonds. The monoisotopic (exact) mass is 448 g/mol. The van der Waals surface area contributed by atoms with Crippen LogP contribution in [0.2, 0.25) is 0 Å². The van der Waals surface area contributed by atoms with Gasteiger partial charge < -0.3 is 9.74 Å². The van der Waals surface area contributed by atoms with Gasteiger partial charge in [-0.15, -0.1) is 0 Å². The molecule has 1 unspecified atom stereocenters. The second kappa shape index (κ2) is 9.30. The van der Waals surface area contributed by atoms with E-state index in [-0.39, 0.29) is 30.7 Å². The molecule has 4 rings (SSSR count). The molecular weight excluding hydrogens is 424 g/mol. The highest BCUT2D eigenvalue weighted by molar-refractivity contribution is 6.01. The van der Waals surface area contributed by atoms with Crippen LogP contribution in [0, 0.1) is 11.7 Å². The molecule has 0 saturated heterocycles. The molecule has 2 aliphatic rings. The first-order valence-electron chi connectivity index (χ1n) is 10.7. The average Bonchev–Trinajstić information content (AvgIpc) is 3.45. The molecule has 0 bridgehead atoms. The van der Waals surface area contributed by atoms with E-state index in [2.05, 4.69) is 5.16 Å². The number of hydrogen-bond donors (Lipinski definition) is 0. The van der Waals surface area contributed by atoms with Crippen molar-refractivity contribution in [3.05, 3.63) is 71.0 Å². The van der Waals surface area contributed by atoms with E-state index in [4.69, 9.17) is 4.84 Å². The fourth-order valence-electron chi connectivity index (χ4n) is 4.31. The average molecular weight is 448 g/mol. The van der Waals surface area contributed by atoms with Crippen molar-refractivity contribution in [3.8, 4) is 0 Å². The van der Waals surface area contributed by atoms with Gasteiger partial charge in [0.15, 0.2) is 6.10 Å². The first kappa shape index (κ1) is 22.3. The van der Waals surface area contributed by atoms with Gasteiger partial charge in [-0.3, -0.25) is 4.79 Å². The normalized spacial score (nSPS) is 19.0. The molecular formula is C24H24F4N2O2. The number of hydrogen-bond acceptors (Lipinski definition) is 3. The summed E-state index contributed by atoms with van der Waals surface area (Å²) < 4.78 is 52.6. The van der Waals surface area contributed by atoms with Crippen LogP contribution in [0.15, 0.2) is 53.7 Å². The van der Waals surface area contributed by atoms with Gasteiger partial charge >= 0.3 is 6.18 Å². The van der Waals surface area contributed by atoms with E-state index in [0.717, 1.165) is 43.4 Å². The lowest BCUT2D eigenvalue weighted by Gasteiger charge is -2.28. The second-order valence-corrected chi connectivity index (χ2v) is 8.37. The van der Waals surface area contributed by atoms with E-state index in [1.807, 2.05) is 0 Å². The van der Waals surface area contributed by atoms with Crippen LogP contribution in [0.1, 0.15) is 48.8 Å². The van der Waals surface area contributed by atoms with Crippen molar-refractivity contribution in [3.63, 3.8) is 0 Å². The van der Waals surface area contributed by atoms with Crippen molar-refractivity contribution in [2.75, 3.05) is 6.54 Å². The van der Waals surface area contributed by atoms with Crippen LogP contribution in [0.5, 0.6) is 0 Å². The van der Waals surface area contributed by atoms with Gasteiger partial charge in [-0.2, -0.15) is 13.2 Å². The molecule has 0 N–H and O–H groups in total. The Hall–Kier alpha value is -2.90. The second-order valence-electron chi connectivity index (χ2n) is 8.37. The Labute approximate surface area is 183 Å². The Bertz CT molecular complexity index is 982. The summed E-state index contributed by atoms with van der Waals surface area (Å²) in [5.41, 5.74) is 1.08. The third-order valence-corrected chi connectivity index (χ3v) is 5.98.